The van der Waals surface area contributed by atoms with Crippen LogP contribution in [0.3, 0.4) is 0 Å². The lowest BCUT2D eigenvalue weighted by Crippen LogP contribution is -2.36. The summed E-state index contributed by atoms with van der Waals surface area (Å²) in [6.45, 7) is 3.46. The van der Waals surface area contributed by atoms with E-state index in [1.807, 2.05) is 6.92 Å². The SMILES string of the molecule is CCCNS(=O)(=O)CC1CCCN1. The van der Waals surface area contributed by atoms with Crippen LogP contribution >= 0.6 is 0 Å². The summed E-state index contributed by atoms with van der Waals surface area (Å²) in [7, 11) is -3.04. The summed E-state index contributed by atoms with van der Waals surface area (Å²) in [5.74, 6) is 0.229. The van der Waals surface area contributed by atoms with Gasteiger partial charge in [-0.2, -0.15) is 0 Å². The maximum absolute atomic E-state index is 11.4. The van der Waals surface area contributed by atoms with Gasteiger partial charge in [0, 0.05) is 12.6 Å². The number of hydrogen-bond acceptors (Lipinski definition) is 3. The van der Waals surface area contributed by atoms with Crippen molar-refractivity contribution in [3.8, 4) is 0 Å². The normalized spacial score (nSPS) is 23.6. The fourth-order valence-corrected chi connectivity index (χ4v) is 2.93. The molecule has 0 aromatic carbocycles. The van der Waals surface area contributed by atoms with Crippen molar-refractivity contribution in [2.75, 3.05) is 18.8 Å². The molecule has 0 radical (unpaired) electrons. The summed E-state index contributed by atoms with van der Waals surface area (Å²) >= 11 is 0. The van der Waals surface area contributed by atoms with Crippen molar-refractivity contribution in [1.82, 2.24) is 10.0 Å². The van der Waals surface area contributed by atoms with Crippen molar-refractivity contribution >= 4 is 10.0 Å². The molecule has 1 saturated heterocycles. The molecule has 0 aromatic heterocycles. The van der Waals surface area contributed by atoms with Crippen molar-refractivity contribution in [2.24, 2.45) is 0 Å². The molecule has 1 rings (SSSR count). The molecular weight excluding hydrogens is 188 g/mol. The van der Waals surface area contributed by atoms with Gasteiger partial charge in [-0.25, -0.2) is 13.1 Å². The Morgan fingerprint density at radius 3 is 2.85 bits per heavy atom. The molecule has 0 amide bonds. The lowest BCUT2D eigenvalue weighted by atomic mass is 10.3. The Kier molecular flexibility index (Phi) is 4.15. The highest BCUT2D eigenvalue weighted by Crippen LogP contribution is 2.06. The molecule has 13 heavy (non-hydrogen) atoms. The largest absolute Gasteiger partial charge is 0.313 e. The number of rotatable bonds is 5. The minimum Gasteiger partial charge on any atom is -0.313 e. The van der Waals surface area contributed by atoms with Gasteiger partial charge in [0.05, 0.1) is 5.75 Å². The first-order valence-corrected chi connectivity index (χ1v) is 6.50. The Bertz CT molecular complexity index is 233. The Labute approximate surface area is 80.1 Å². The molecule has 0 saturated carbocycles. The molecule has 1 unspecified atom stereocenters. The van der Waals surface area contributed by atoms with Crippen LogP contribution in [0, 0.1) is 0 Å². The number of nitrogens with one attached hydrogen (secondary N) is 2. The van der Waals surface area contributed by atoms with Gasteiger partial charge < -0.3 is 5.32 Å². The molecule has 0 aromatic rings. The van der Waals surface area contributed by atoms with Crippen LogP contribution in [0.2, 0.25) is 0 Å². The molecule has 0 aliphatic carbocycles. The van der Waals surface area contributed by atoms with E-state index in [0.717, 1.165) is 25.8 Å². The minimum absolute atomic E-state index is 0.161. The quantitative estimate of drug-likeness (QED) is 0.669. The van der Waals surface area contributed by atoms with Gasteiger partial charge in [0.25, 0.3) is 0 Å². The van der Waals surface area contributed by atoms with Crippen LogP contribution in [0.5, 0.6) is 0 Å². The van der Waals surface area contributed by atoms with E-state index < -0.39 is 10.0 Å². The van der Waals surface area contributed by atoms with E-state index >= 15 is 0 Å². The maximum atomic E-state index is 11.4. The highest BCUT2D eigenvalue weighted by Gasteiger charge is 2.21. The summed E-state index contributed by atoms with van der Waals surface area (Å²) in [5, 5.41) is 3.17. The van der Waals surface area contributed by atoms with Gasteiger partial charge in [-0.05, 0) is 25.8 Å². The first-order valence-electron chi connectivity index (χ1n) is 4.85. The summed E-state index contributed by atoms with van der Waals surface area (Å²) in [6.07, 6.45) is 2.92. The van der Waals surface area contributed by atoms with Crippen LogP contribution in [0.1, 0.15) is 26.2 Å². The van der Waals surface area contributed by atoms with Gasteiger partial charge >= 0.3 is 0 Å². The van der Waals surface area contributed by atoms with E-state index in [-0.39, 0.29) is 11.8 Å². The van der Waals surface area contributed by atoms with E-state index in [9.17, 15) is 8.42 Å². The average Bonchev–Trinajstić information content (AvgIpc) is 2.52. The second-order valence-corrected chi connectivity index (χ2v) is 5.32. The van der Waals surface area contributed by atoms with E-state index in [1.54, 1.807) is 0 Å². The van der Waals surface area contributed by atoms with Crippen LogP contribution in [0.4, 0.5) is 0 Å². The molecular formula is C8H18N2O2S. The summed E-state index contributed by atoms with van der Waals surface area (Å²) in [4.78, 5) is 0. The zero-order valence-corrected chi connectivity index (χ0v) is 8.86. The zero-order chi connectivity index (χ0) is 9.73. The topological polar surface area (TPSA) is 58.2 Å². The monoisotopic (exact) mass is 206 g/mol. The lowest BCUT2D eigenvalue weighted by Gasteiger charge is -2.10. The van der Waals surface area contributed by atoms with E-state index in [0.29, 0.717) is 6.54 Å². The Morgan fingerprint density at radius 1 is 1.54 bits per heavy atom. The fourth-order valence-electron chi connectivity index (χ4n) is 1.48. The second kappa shape index (κ2) is 4.93. The van der Waals surface area contributed by atoms with Crippen molar-refractivity contribution in [3.63, 3.8) is 0 Å². The third-order valence-electron chi connectivity index (χ3n) is 2.15. The van der Waals surface area contributed by atoms with Crippen LogP contribution in [-0.4, -0.2) is 33.3 Å². The first kappa shape index (κ1) is 10.9. The zero-order valence-electron chi connectivity index (χ0n) is 8.04. The Balaban J connectivity index is 2.32. The Hall–Kier alpha value is -0.130. The van der Waals surface area contributed by atoms with E-state index in [1.165, 1.54) is 0 Å². The molecule has 0 bridgehead atoms. The molecule has 1 fully saturated rings. The van der Waals surface area contributed by atoms with E-state index in [4.69, 9.17) is 0 Å². The minimum atomic E-state index is -3.04. The van der Waals surface area contributed by atoms with Crippen LogP contribution in [-0.2, 0) is 10.0 Å². The second-order valence-electron chi connectivity index (χ2n) is 3.47. The van der Waals surface area contributed by atoms with Crippen LogP contribution < -0.4 is 10.0 Å². The van der Waals surface area contributed by atoms with Gasteiger partial charge in [-0.15, -0.1) is 0 Å². The summed E-state index contributed by atoms with van der Waals surface area (Å²) in [5.41, 5.74) is 0. The third kappa shape index (κ3) is 4.06. The summed E-state index contributed by atoms with van der Waals surface area (Å²) in [6, 6.07) is 0.161. The Morgan fingerprint density at radius 2 is 2.31 bits per heavy atom. The molecule has 1 aliphatic rings. The van der Waals surface area contributed by atoms with Gasteiger partial charge in [0.15, 0.2) is 0 Å². The highest BCUT2D eigenvalue weighted by molar-refractivity contribution is 7.89. The summed E-state index contributed by atoms with van der Waals surface area (Å²) < 4.78 is 25.4. The van der Waals surface area contributed by atoms with Crippen molar-refractivity contribution < 1.29 is 8.42 Å². The number of sulfonamides is 1. The van der Waals surface area contributed by atoms with E-state index in [2.05, 4.69) is 10.0 Å². The maximum Gasteiger partial charge on any atom is 0.213 e. The fraction of sp³-hybridized carbons (Fsp3) is 1.00. The van der Waals surface area contributed by atoms with Crippen LogP contribution in [0.25, 0.3) is 0 Å². The predicted octanol–water partition coefficient (Wildman–Crippen LogP) is 0.0678. The van der Waals surface area contributed by atoms with Gasteiger partial charge in [-0.1, -0.05) is 6.92 Å². The number of hydrogen-bond donors (Lipinski definition) is 2. The first-order chi connectivity index (χ1) is 6.14. The molecule has 4 nitrogen and oxygen atoms in total. The highest BCUT2D eigenvalue weighted by atomic mass is 32.2. The van der Waals surface area contributed by atoms with Gasteiger partial charge in [-0.3, -0.25) is 0 Å². The molecule has 78 valence electrons. The molecule has 0 spiro atoms. The van der Waals surface area contributed by atoms with Crippen molar-refractivity contribution in [3.05, 3.63) is 0 Å². The van der Waals surface area contributed by atoms with Gasteiger partial charge in [0.1, 0.15) is 0 Å². The van der Waals surface area contributed by atoms with Crippen molar-refractivity contribution in [2.45, 2.75) is 32.2 Å². The molecule has 1 aliphatic heterocycles. The lowest BCUT2D eigenvalue weighted by molar-refractivity contribution is 0.563. The molecule has 5 heteroatoms. The average molecular weight is 206 g/mol. The van der Waals surface area contributed by atoms with Gasteiger partial charge in [0.2, 0.25) is 10.0 Å². The smallest absolute Gasteiger partial charge is 0.213 e. The third-order valence-corrected chi connectivity index (χ3v) is 3.64. The molecule has 1 atom stereocenters. The molecule has 2 N–H and O–H groups in total. The molecule has 1 heterocycles. The van der Waals surface area contributed by atoms with Crippen LogP contribution in [0.15, 0.2) is 0 Å². The predicted molar refractivity (Wildman–Crippen MR) is 53.1 cm³/mol. The standard InChI is InChI=1S/C8H18N2O2S/c1-2-5-10-13(11,12)7-8-4-3-6-9-8/h8-10H,2-7H2,1H3. The van der Waals surface area contributed by atoms with Crippen molar-refractivity contribution in [1.29, 1.82) is 0 Å².